The van der Waals surface area contributed by atoms with Gasteiger partial charge in [0.1, 0.15) is 0 Å². The topological polar surface area (TPSA) is 75.9 Å². The number of hydrogen-bond acceptors (Lipinski definition) is 5. The molecule has 0 saturated carbocycles. The number of aromatic nitrogens is 4. The second-order valence-corrected chi connectivity index (χ2v) is 8.11. The first-order valence-electron chi connectivity index (χ1n) is 10.6. The third-order valence-electron chi connectivity index (χ3n) is 5.47. The molecule has 7 nitrogen and oxygen atoms in total. The van der Waals surface area contributed by atoms with Crippen LogP contribution in [0.2, 0.25) is 0 Å². The molecule has 0 bridgehead atoms. The summed E-state index contributed by atoms with van der Waals surface area (Å²) in [4.78, 5) is 16.7. The maximum absolute atomic E-state index is 12.7. The summed E-state index contributed by atoms with van der Waals surface area (Å²) in [6.07, 6.45) is 1.94. The van der Waals surface area contributed by atoms with Crippen LogP contribution >= 0.6 is 0 Å². The van der Waals surface area contributed by atoms with Gasteiger partial charge in [-0.05, 0) is 49.6 Å². The van der Waals surface area contributed by atoms with E-state index >= 15 is 0 Å². The quantitative estimate of drug-likeness (QED) is 0.682. The lowest BCUT2D eigenvalue weighted by molar-refractivity contribution is 0.0909. The van der Waals surface area contributed by atoms with E-state index in [-0.39, 0.29) is 18.0 Å². The molecule has 1 amide bonds. The number of nitrogens with zero attached hydrogens (tertiary/aromatic N) is 5. The molecule has 7 heteroatoms. The van der Waals surface area contributed by atoms with E-state index in [0.29, 0.717) is 11.4 Å². The average molecular weight is 405 g/mol. The van der Waals surface area contributed by atoms with Gasteiger partial charge < -0.3 is 5.32 Å². The maximum Gasteiger partial charge on any atom is 0.251 e. The highest BCUT2D eigenvalue weighted by Gasteiger charge is 2.21. The summed E-state index contributed by atoms with van der Waals surface area (Å²) in [6.45, 7) is 6.97. The van der Waals surface area contributed by atoms with E-state index in [2.05, 4.69) is 49.9 Å². The van der Waals surface area contributed by atoms with Crippen molar-refractivity contribution in [2.75, 3.05) is 13.1 Å². The van der Waals surface area contributed by atoms with Crippen molar-refractivity contribution in [3.8, 4) is 11.4 Å². The van der Waals surface area contributed by atoms with Crippen molar-refractivity contribution in [1.82, 2.24) is 30.4 Å². The monoisotopic (exact) mass is 404 g/mol. The van der Waals surface area contributed by atoms with Gasteiger partial charge in [-0.1, -0.05) is 42.5 Å². The number of tetrazole rings is 1. The molecule has 2 heterocycles. The number of rotatable bonds is 6. The zero-order valence-electron chi connectivity index (χ0n) is 17.5. The van der Waals surface area contributed by atoms with Crippen LogP contribution < -0.4 is 5.32 Å². The number of piperidine rings is 1. The Kier molecular flexibility index (Phi) is 6.18. The van der Waals surface area contributed by atoms with Crippen LogP contribution in [0.1, 0.15) is 48.7 Å². The highest BCUT2D eigenvalue weighted by atomic mass is 16.1. The van der Waals surface area contributed by atoms with Crippen molar-refractivity contribution in [3.63, 3.8) is 0 Å². The predicted octanol–water partition coefficient (Wildman–Crippen LogP) is 3.32. The van der Waals surface area contributed by atoms with Crippen LogP contribution in [0.5, 0.6) is 0 Å². The molecule has 3 aromatic rings. The number of likely N-dealkylation sites (tertiary alicyclic amines) is 1. The van der Waals surface area contributed by atoms with E-state index in [1.54, 1.807) is 4.80 Å². The van der Waals surface area contributed by atoms with Crippen molar-refractivity contribution in [2.45, 2.75) is 45.3 Å². The number of benzene rings is 2. The van der Waals surface area contributed by atoms with Crippen LogP contribution in [0.25, 0.3) is 11.4 Å². The zero-order valence-corrected chi connectivity index (χ0v) is 17.5. The number of carbonyl (C=O) groups is 1. The van der Waals surface area contributed by atoms with Gasteiger partial charge in [-0.2, -0.15) is 4.80 Å². The number of amides is 1. The molecule has 30 heavy (non-hydrogen) atoms. The Morgan fingerprint density at radius 2 is 1.77 bits per heavy atom. The van der Waals surface area contributed by atoms with E-state index in [0.717, 1.165) is 38.0 Å². The van der Waals surface area contributed by atoms with Crippen LogP contribution in [-0.4, -0.2) is 50.1 Å². The van der Waals surface area contributed by atoms with E-state index in [4.69, 9.17) is 0 Å². The highest BCUT2D eigenvalue weighted by molar-refractivity contribution is 5.94. The van der Waals surface area contributed by atoms with Crippen molar-refractivity contribution in [2.24, 2.45) is 0 Å². The van der Waals surface area contributed by atoms with Gasteiger partial charge in [0, 0.05) is 36.8 Å². The summed E-state index contributed by atoms with van der Waals surface area (Å²) in [6, 6.07) is 18.3. The van der Waals surface area contributed by atoms with Gasteiger partial charge >= 0.3 is 0 Å². The maximum atomic E-state index is 12.7. The Morgan fingerprint density at radius 3 is 2.40 bits per heavy atom. The van der Waals surface area contributed by atoms with Crippen LogP contribution in [0, 0.1) is 0 Å². The summed E-state index contributed by atoms with van der Waals surface area (Å²) in [5.74, 6) is 0.545. The van der Waals surface area contributed by atoms with Crippen LogP contribution in [0.3, 0.4) is 0 Å². The van der Waals surface area contributed by atoms with E-state index < -0.39 is 0 Å². The molecule has 1 aliphatic rings. The Hall–Kier alpha value is -3.06. The number of carbonyl (C=O) groups excluding carboxylic acids is 1. The van der Waals surface area contributed by atoms with Gasteiger partial charge in [-0.3, -0.25) is 9.69 Å². The molecule has 0 unspecified atom stereocenters. The Morgan fingerprint density at radius 1 is 1.07 bits per heavy atom. The molecule has 0 aliphatic carbocycles. The third-order valence-corrected chi connectivity index (χ3v) is 5.47. The Labute approximate surface area is 177 Å². The van der Waals surface area contributed by atoms with Gasteiger partial charge in [0.15, 0.2) is 0 Å². The second kappa shape index (κ2) is 9.17. The molecule has 0 radical (unpaired) electrons. The second-order valence-electron chi connectivity index (χ2n) is 8.11. The molecule has 4 rings (SSSR count). The smallest absolute Gasteiger partial charge is 0.251 e. The lowest BCUT2D eigenvalue weighted by Crippen LogP contribution is -2.44. The highest BCUT2D eigenvalue weighted by Crippen LogP contribution is 2.17. The van der Waals surface area contributed by atoms with Gasteiger partial charge in [-0.25, -0.2) is 0 Å². The predicted molar refractivity (Wildman–Crippen MR) is 116 cm³/mol. The van der Waals surface area contributed by atoms with E-state index in [9.17, 15) is 4.79 Å². The Balaban J connectivity index is 1.29. The molecule has 0 spiro atoms. The summed E-state index contributed by atoms with van der Waals surface area (Å²) < 4.78 is 0. The molecule has 0 atom stereocenters. The molecular weight excluding hydrogens is 376 g/mol. The lowest BCUT2D eigenvalue weighted by atomic mass is 10.0. The van der Waals surface area contributed by atoms with Crippen molar-refractivity contribution in [3.05, 3.63) is 65.7 Å². The fourth-order valence-electron chi connectivity index (χ4n) is 3.68. The van der Waals surface area contributed by atoms with Gasteiger partial charge in [-0.15, -0.1) is 10.2 Å². The summed E-state index contributed by atoms with van der Waals surface area (Å²) in [7, 11) is 0. The molecule has 1 N–H and O–H groups in total. The van der Waals surface area contributed by atoms with Crippen LogP contribution in [0.15, 0.2) is 54.6 Å². The standard InChI is InChI=1S/C23H28N6O/c1-17(2)29-26-22(25-27-29)19-8-10-20(11-9-19)23(30)24-21-12-14-28(15-13-21)16-18-6-4-3-5-7-18/h3-11,17,21H,12-16H2,1-2H3,(H,24,30). The molecule has 156 valence electrons. The van der Waals surface area contributed by atoms with Gasteiger partial charge in [0.2, 0.25) is 5.82 Å². The minimum absolute atomic E-state index is 0.0261. The first-order valence-corrected chi connectivity index (χ1v) is 10.6. The number of nitrogens with one attached hydrogen (secondary N) is 1. The SMILES string of the molecule is CC(C)n1nnc(-c2ccc(C(=O)NC3CCN(Cc4ccccc4)CC3)cc2)n1. The third kappa shape index (κ3) is 4.91. The first kappa shape index (κ1) is 20.2. The number of hydrogen-bond donors (Lipinski definition) is 1. The molecule has 1 aromatic heterocycles. The summed E-state index contributed by atoms with van der Waals surface area (Å²) in [5, 5.41) is 15.7. The van der Waals surface area contributed by atoms with Crippen LogP contribution in [-0.2, 0) is 6.54 Å². The fraction of sp³-hybridized carbons (Fsp3) is 0.391. The largest absolute Gasteiger partial charge is 0.349 e. The van der Waals surface area contributed by atoms with E-state index in [1.807, 2.05) is 44.2 Å². The molecule has 1 fully saturated rings. The molecule has 1 saturated heterocycles. The summed E-state index contributed by atoms with van der Waals surface area (Å²) >= 11 is 0. The van der Waals surface area contributed by atoms with Crippen molar-refractivity contribution >= 4 is 5.91 Å². The zero-order chi connectivity index (χ0) is 20.9. The summed E-state index contributed by atoms with van der Waals surface area (Å²) in [5.41, 5.74) is 2.84. The fourth-order valence-corrected chi connectivity index (χ4v) is 3.68. The molecule has 1 aliphatic heterocycles. The lowest BCUT2D eigenvalue weighted by Gasteiger charge is -2.32. The first-order chi connectivity index (χ1) is 14.6. The average Bonchev–Trinajstić information content (AvgIpc) is 3.27. The van der Waals surface area contributed by atoms with Gasteiger partial charge in [0.05, 0.1) is 6.04 Å². The van der Waals surface area contributed by atoms with Crippen molar-refractivity contribution in [1.29, 1.82) is 0 Å². The molecular formula is C23H28N6O. The molecule has 2 aromatic carbocycles. The minimum Gasteiger partial charge on any atom is -0.349 e. The minimum atomic E-state index is -0.0261. The van der Waals surface area contributed by atoms with Crippen LogP contribution in [0.4, 0.5) is 0 Å². The van der Waals surface area contributed by atoms with E-state index in [1.165, 1.54) is 5.56 Å². The normalized spacial score (nSPS) is 15.4. The van der Waals surface area contributed by atoms with Gasteiger partial charge in [0.25, 0.3) is 5.91 Å². The van der Waals surface area contributed by atoms with Crippen molar-refractivity contribution < 1.29 is 4.79 Å². The Bertz CT molecular complexity index is 959.